The molecule has 0 atom stereocenters. The highest BCUT2D eigenvalue weighted by Crippen LogP contribution is 2.28. The second-order valence-electron chi connectivity index (χ2n) is 4.42. The summed E-state index contributed by atoms with van der Waals surface area (Å²) in [5.41, 5.74) is 1.60. The van der Waals surface area contributed by atoms with E-state index in [2.05, 4.69) is 10.1 Å². The summed E-state index contributed by atoms with van der Waals surface area (Å²) >= 11 is 0. The molecule has 0 heterocycles. The molecule has 2 aromatic rings. The van der Waals surface area contributed by atoms with E-state index in [1.54, 1.807) is 19.2 Å². The highest BCUT2D eigenvalue weighted by Gasteiger charge is 2.30. The molecule has 6 heteroatoms. The minimum absolute atomic E-state index is 0.327. The Morgan fingerprint density at radius 3 is 2.24 bits per heavy atom. The van der Waals surface area contributed by atoms with Gasteiger partial charge in [-0.25, -0.2) is 4.39 Å². The topological polar surface area (TPSA) is 21.3 Å². The van der Waals surface area contributed by atoms with E-state index in [1.165, 1.54) is 18.2 Å². The number of ether oxygens (including phenoxy) is 1. The lowest BCUT2D eigenvalue weighted by Crippen LogP contribution is -2.16. The number of benzene rings is 2. The largest absolute Gasteiger partial charge is 0.573 e. The monoisotopic (exact) mass is 299 g/mol. The molecule has 2 nitrogen and oxygen atoms in total. The van der Waals surface area contributed by atoms with Crippen molar-refractivity contribution in [2.45, 2.75) is 12.9 Å². The number of nitrogens with one attached hydrogen (secondary N) is 1. The number of rotatable bonds is 4. The second-order valence-corrected chi connectivity index (χ2v) is 4.42. The van der Waals surface area contributed by atoms with Crippen LogP contribution in [0.1, 0.15) is 5.56 Å². The van der Waals surface area contributed by atoms with Crippen LogP contribution in [0, 0.1) is 5.82 Å². The molecule has 0 amide bonds. The van der Waals surface area contributed by atoms with Crippen LogP contribution in [-0.2, 0) is 6.54 Å². The minimum atomic E-state index is -4.73. The molecule has 0 fully saturated rings. The molecule has 1 N–H and O–H groups in total. The fourth-order valence-corrected chi connectivity index (χ4v) is 1.94. The van der Waals surface area contributed by atoms with Gasteiger partial charge in [-0.15, -0.1) is 13.2 Å². The van der Waals surface area contributed by atoms with E-state index in [9.17, 15) is 17.6 Å². The minimum Gasteiger partial charge on any atom is -0.406 e. The van der Waals surface area contributed by atoms with Crippen molar-refractivity contribution >= 4 is 0 Å². The average molecular weight is 299 g/mol. The molecule has 0 saturated heterocycles. The van der Waals surface area contributed by atoms with Crippen molar-refractivity contribution in [3.8, 4) is 16.9 Å². The Hall–Kier alpha value is -2.08. The average Bonchev–Trinajstić information content (AvgIpc) is 2.39. The molecule has 0 aromatic heterocycles. The molecular weight excluding hydrogens is 286 g/mol. The van der Waals surface area contributed by atoms with Gasteiger partial charge in [-0.05, 0) is 36.4 Å². The molecule has 2 rings (SSSR count). The summed E-state index contributed by atoms with van der Waals surface area (Å²) in [5.74, 6) is -0.759. The third-order valence-corrected chi connectivity index (χ3v) is 2.81. The van der Waals surface area contributed by atoms with Gasteiger partial charge in [0.15, 0.2) is 0 Å². The van der Waals surface area contributed by atoms with Crippen molar-refractivity contribution in [2.75, 3.05) is 7.05 Å². The zero-order valence-corrected chi connectivity index (χ0v) is 11.2. The zero-order chi connectivity index (χ0) is 15.5. The predicted octanol–water partition coefficient (Wildman–Crippen LogP) is 4.11. The van der Waals surface area contributed by atoms with Crippen molar-refractivity contribution in [1.29, 1.82) is 0 Å². The summed E-state index contributed by atoms with van der Waals surface area (Å²) in [5, 5.41) is 2.91. The SMILES string of the molecule is CNCc1ccc(-c2ccc(OC(F)(F)F)cc2)c(F)c1. The molecule has 2 aromatic carbocycles. The van der Waals surface area contributed by atoms with Crippen molar-refractivity contribution in [3.05, 3.63) is 53.8 Å². The van der Waals surface area contributed by atoms with E-state index in [1.807, 2.05) is 0 Å². The molecule has 0 radical (unpaired) electrons. The van der Waals surface area contributed by atoms with Crippen molar-refractivity contribution in [2.24, 2.45) is 0 Å². The number of halogens is 4. The van der Waals surface area contributed by atoms with E-state index in [-0.39, 0.29) is 5.75 Å². The van der Waals surface area contributed by atoms with Crippen LogP contribution in [0.25, 0.3) is 11.1 Å². The van der Waals surface area contributed by atoms with Crippen LogP contribution in [0.2, 0.25) is 0 Å². The van der Waals surface area contributed by atoms with Gasteiger partial charge in [-0.2, -0.15) is 0 Å². The van der Waals surface area contributed by atoms with Gasteiger partial charge in [0, 0.05) is 12.1 Å². The molecule has 0 bridgehead atoms. The molecule has 0 unspecified atom stereocenters. The first-order chi connectivity index (χ1) is 9.89. The van der Waals surface area contributed by atoms with Crippen LogP contribution in [0.4, 0.5) is 17.6 Å². The summed E-state index contributed by atoms with van der Waals surface area (Å²) < 4.78 is 53.9. The van der Waals surface area contributed by atoms with Gasteiger partial charge < -0.3 is 10.1 Å². The first kappa shape index (κ1) is 15.3. The van der Waals surface area contributed by atoms with Crippen LogP contribution in [0.3, 0.4) is 0 Å². The van der Waals surface area contributed by atoms with Gasteiger partial charge in [-0.1, -0.05) is 24.3 Å². The van der Waals surface area contributed by atoms with Crippen LogP contribution in [0.5, 0.6) is 5.75 Å². The van der Waals surface area contributed by atoms with Crippen molar-refractivity contribution in [1.82, 2.24) is 5.32 Å². The van der Waals surface area contributed by atoms with E-state index >= 15 is 0 Å². The zero-order valence-electron chi connectivity index (χ0n) is 11.2. The van der Waals surface area contributed by atoms with Crippen molar-refractivity contribution < 1.29 is 22.3 Å². The first-order valence-corrected chi connectivity index (χ1v) is 6.18. The van der Waals surface area contributed by atoms with Gasteiger partial charge in [0.1, 0.15) is 11.6 Å². The maximum Gasteiger partial charge on any atom is 0.573 e. The van der Waals surface area contributed by atoms with Crippen molar-refractivity contribution in [3.63, 3.8) is 0 Å². The quantitative estimate of drug-likeness (QED) is 0.858. The molecule has 0 saturated carbocycles. The molecule has 0 spiro atoms. The van der Waals surface area contributed by atoms with Gasteiger partial charge in [-0.3, -0.25) is 0 Å². The standard InChI is InChI=1S/C15H13F4NO/c1-20-9-10-2-7-13(14(16)8-10)11-3-5-12(6-4-11)21-15(17,18)19/h2-8,20H,9H2,1H3. The molecule has 112 valence electrons. The van der Waals surface area contributed by atoms with E-state index < -0.39 is 12.2 Å². The Kier molecular flexibility index (Phi) is 4.47. The van der Waals surface area contributed by atoms with Gasteiger partial charge in [0.25, 0.3) is 0 Å². The van der Waals surface area contributed by atoms with E-state index in [0.29, 0.717) is 17.7 Å². The first-order valence-electron chi connectivity index (χ1n) is 6.18. The van der Waals surface area contributed by atoms with Crippen LogP contribution >= 0.6 is 0 Å². The smallest absolute Gasteiger partial charge is 0.406 e. The number of hydrogen-bond acceptors (Lipinski definition) is 2. The normalized spacial score (nSPS) is 11.5. The fourth-order valence-electron chi connectivity index (χ4n) is 1.94. The summed E-state index contributed by atoms with van der Waals surface area (Å²) in [7, 11) is 1.76. The van der Waals surface area contributed by atoms with Crippen LogP contribution in [0.15, 0.2) is 42.5 Å². The third kappa shape index (κ3) is 4.19. The fraction of sp³-hybridized carbons (Fsp3) is 0.200. The Labute approximate surface area is 119 Å². The van der Waals surface area contributed by atoms with E-state index in [0.717, 1.165) is 17.7 Å². The summed E-state index contributed by atoms with van der Waals surface area (Å²) in [6.45, 7) is 0.537. The van der Waals surface area contributed by atoms with Crippen LogP contribution < -0.4 is 10.1 Å². The Balaban J connectivity index is 2.22. The lowest BCUT2D eigenvalue weighted by atomic mass is 10.0. The highest BCUT2D eigenvalue weighted by atomic mass is 19.4. The van der Waals surface area contributed by atoms with E-state index in [4.69, 9.17) is 0 Å². The summed E-state index contributed by atoms with van der Waals surface area (Å²) in [6, 6.07) is 9.84. The van der Waals surface area contributed by atoms with Crippen LogP contribution in [-0.4, -0.2) is 13.4 Å². The second kappa shape index (κ2) is 6.13. The lowest BCUT2D eigenvalue weighted by Gasteiger charge is -2.10. The molecular formula is C15H13F4NO. The Morgan fingerprint density at radius 1 is 1.05 bits per heavy atom. The Morgan fingerprint density at radius 2 is 1.71 bits per heavy atom. The molecule has 0 aliphatic heterocycles. The highest BCUT2D eigenvalue weighted by molar-refractivity contribution is 5.65. The summed E-state index contributed by atoms with van der Waals surface area (Å²) in [4.78, 5) is 0. The molecule has 0 aliphatic rings. The van der Waals surface area contributed by atoms with Gasteiger partial charge in [0.05, 0.1) is 0 Å². The molecule has 0 aliphatic carbocycles. The van der Waals surface area contributed by atoms with Gasteiger partial charge >= 0.3 is 6.36 Å². The maximum absolute atomic E-state index is 14.0. The molecule has 21 heavy (non-hydrogen) atoms. The third-order valence-electron chi connectivity index (χ3n) is 2.81. The maximum atomic E-state index is 14.0. The lowest BCUT2D eigenvalue weighted by molar-refractivity contribution is -0.274. The summed E-state index contributed by atoms with van der Waals surface area (Å²) in [6.07, 6.45) is -4.73. The number of hydrogen-bond donors (Lipinski definition) is 1. The Bertz CT molecular complexity index is 608. The number of alkyl halides is 3. The van der Waals surface area contributed by atoms with Gasteiger partial charge in [0.2, 0.25) is 0 Å². The predicted molar refractivity (Wildman–Crippen MR) is 71.3 cm³/mol.